The SMILES string of the molecule is Cc1cc(C(C)(C)C)c(O)c2c1[C@@H](C)[C@@H]1C(=C2O)C(=O)[C@]2(O)C(O)=C(C(N)=O)C(=O)[C@H](N(C)C)[C@@H]2[C@H]1O. The van der Waals surface area contributed by atoms with E-state index in [1.807, 2.05) is 20.8 Å². The minimum atomic E-state index is -2.92. The fourth-order valence-electron chi connectivity index (χ4n) is 6.59. The summed E-state index contributed by atoms with van der Waals surface area (Å²) in [7, 11) is 2.94. The molecule has 0 saturated heterocycles. The fraction of sp³-hybridized carbons (Fsp3) is 0.519. The van der Waals surface area contributed by atoms with Crippen molar-refractivity contribution in [2.45, 2.75) is 63.7 Å². The number of likely N-dealkylation sites (N-methyl/N-ethyl adjacent to an activating group) is 1. The first-order valence-electron chi connectivity index (χ1n) is 12.1. The monoisotopic (exact) mass is 514 g/mol. The van der Waals surface area contributed by atoms with E-state index >= 15 is 0 Å². The fourth-order valence-corrected chi connectivity index (χ4v) is 6.59. The number of rotatable bonds is 2. The minimum Gasteiger partial charge on any atom is -0.508 e. The summed E-state index contributed by atoms with van der Waals surface area (Å²) >= 11 is 0. The molecule has 7 N–H and O–H groups in total. The van der Waals surface area contributed by atoms with E-state index in [0.29, 0.717) is 11.1 Å². The van der Waals surface area contributed by atoms with Crippen molar-refractivity contribution >= 4 is 23.2 Å². The maximum absolute atomic E-state index is 14.0. The van der Waals surface area contributed by atoms with Gasteiger partial charge >= 0.3 is 0 Å². The highest BCUT2D eigenvalue weighted by atomic mass is 16.4. The highest BCUT2D eigenvalue weighted by molar-refractivity contribution is 6.24. The molecule has 0 spiro atoms. The quantitative estimate of drug-likeness (QED) is 0.315. The third-order valence-electron chi connectivity index (χ3n) is 8.24. The Morgan fingerprint density at radius 3 is 2.19 bits per heavy atom. The van der Waals surface area contributed by atoms with Crippen LogP contribution in [-0.2, 0) is 19.8 Å². The summed E-state index contributed by atoms with van der Waals surface area (Å²) in [5, 5.41) is 57.1. The summed E-state index contributed by atoms with van der Waals surface area (Å²) in [6, 6.07) is 0.425. The van der Waals surface area contributed by atoms with E-state index in [4.69, 9.17) is 5.73 Å². The second kappa shape index (κ2) is 8.14. The number of carbonyl (C=O) groups excluding carboxylic acids is 3. The molecule has 6 atom stereocenters. The van der Waals surface area contributed by atoms with Gasteiger partial charge in [0, 0.05) is 17.1 Å². The number of ketones is 2. The first-order chi connectivity index (χ1) is 16.9. The topological polar surface area (TPSA) is 182 Å². The summed E-state index contributed by atoms with van der Waals surface area (Å²) in [6.45, 7) is 9.16. The van der Waals surface area contributed by atoms with E-state index in [9.17, 15) is 39.9 Å². The van der Waals surface area contributed by atoms with Gasteiger partial charge in [0.15, 0.2) is 11.4 Å². The number of carbonyl (C=O) groups is 3. The molecular weight excluding hydrogens is 480 g/mol. The summed E-state index contributed by atoms with van der Waals surface area (Å²) in [5.41, 5.74) is 2.35. The number of aliphatic hydroxyl groups excluding tert-OH is 3. The molecule has 1 amide bonds. The number of Topliss-reactive ketones (excluding diaryl/α,β-unsaturated/α-hetero) is 2. The van der Waals surface area contributed by atoms with Crippen molar-refractivity contribution in [3.8, 4) is 5.75 Å². The normalized spacial score (nSPS) is 31.9. The third kappa shape index (κ3) is 3.32. The Bertz CT molecular complexity index is 1320. The second-order valence-electron chi connectivity index (χ2n) is 11.7. The summed E-state index contributed by atoms with van der Waals surface area (Å²) < 4.78 is 0. The molecule has 4 rings (SSSR count). The molecule has 10 nitrogen and oxygen atoms in total. The molecule has 0 aromatic heterocycles. The number of primary amides is 1. The van der Waals surface area contributed by atoms with Crippen LogP contribution in [0.5, 0.6) is 5.75 Å². The van der Waals surface area contributed by atoms with Crippen molar-refractivity contribution < 1.29 is 39.9 Å². The van der Waals surface area contributed by atoms with Gasteiger partial charge in [0.2, 0.25) is 5.78 Å². The molecule has 1 saturated carbocycles. The smallest absolute Gasteiger partial charge is 0.255 e. The van der Waals surface area contributed by atoms with Crippen LogP contribution in [-0.4, -0.2) is 79.7 Å². The van der Waals surface area contributed by atoms with Crippen molar-refractivity contribution in [3.05, 3.63) is 45.2 Å². The van der Waals surface area contributed by atoms with Gasteiger partial charge in [-0.1, -0.05) is 33.8 Å². The Labute approximate surface area is 214 Å². The van der Waals surface area contributed by atoms with Crippen LogP contribution < -0.4 is 5.73 Å². The highest BCUT2D eigenvalue weighted by Crippen LogP contribution is 2.57. The molecule has 1 aromatic rings. The number of nitrogens with two attached hydrogens (primary N) is 1. The number of aryl methyl sites for hydroxylation is 1. The number of phenols is 1. The van der Waals surface area contributed by atoms with Crippen LogP contribution in [0.15, 0.2) is 23.0 Å². The maximum Gasteiger partial charge on any atom is 0.255 e. The molecule has 3 aliphatic carbocycles. The number of nitrogens with zero attached hydrogens (tertiary/aromatic N) is 1. The zero-order chi connectivity index (χ0) is 28.1. The number of hydrogen-bond donors (Lipinski definition) is 6. The van der Waals surface area contributed by atoms with E-state index in [1.54, 1.807) is 19.9 Å². The minimum absolute atomic E-state index is 0.0147. The average Bonchev–Trinajstić information content (AvgIpc) is 2.76. The molecule has 0 heterocycles. The van der Waals surface area contributed by atoms with E-state index in [-0.39, 0.29) is 11.3 Å². The average molecular weight is 515 g/mol. The molecule has 0 bridgehead atoms. The Morgan fingerprint density at radius 2 is 1.70 bits per heavy atom. The van der Waals surface area contributed by atoms with Crippen LogP contribution in [0.2, 0.25) is 0 Å². The lowest BCUT2D eigenvalue weighted by molar-refractivity contribution is -0.169. The molecule has 1 fully saturated rings. The van der Waals surface area contributed by atoms with E-state index < -0.39 is 81.1 Å². The molecule has 10 heteroatoms. The van der Waals surface area contributed by atoms with E-state index in [1.165, 1.54) is 19.0 Å². The molecular formula is C27H34N2O8. The van der Waals surface area contributed by atoms with Gasteiger partial charge in [0.25, 0.3) is 5.91 Å². The van der Waals surface area contributed by atoms with Gasteiger partial charge in [-0.15, -0.1) is 0 Å². The Morgan fingerprint density at radius 1 is 1.14 bits per heavy atom. The van der Waals surface area contributed by atoms with Crippen molar-refractivity contribution in [2.24, 2.45) is 17.6 Å². The van der Waals surface area contributed by atoms with Crippen LogP contribution in [0.4, 0.5) is 0 Å². The van der Waals surface area contributed by atoms with Gasteiger partial charge in [-0.2, -0.15) is 0 Å². The van der Waals surface area contributed by atoms with Gasteiger partial charge in [-0.3, -0.25) is 19.3 Å². The zero-order valence-electron chi connectivity index (χ0n) is 21.9. The molecule has 200 valence electrons. The summed E-state index contributed by atoms with van der Waals surface area (Å²) in [5.74, 6) is -8.84. The van der Waals surface area contributed by atoms with Crippen molar-refractivity contribution in [3.63, 3.8) is 0 Å². The molecule has 0 radical (unpaired) electrons. The Hall–Kier alpha value is -3.21. The van der Waals surface area contributed by atoms with Crippen LogP contribution in [0.1, 0.15) is 55.9 Å². The van der Waals surface area contributed by atoms with Crippen LogP contribution >= 0.6 is 0 Å². The molecule has 0 aliphatic heterocycles. The number of phenolic OH excluding ortho intramolecular Hbond substituents is 1. The highest BCUT2D eigenvalue weighted by Gasteiger charge is 2.68. The van der Waals surface area contributed by atoms with Gasteiger partial charge < -0.3 is 31.3 Å². The summed E-state index contributed by atoms with van der Waals surface area (Å²) in [6.07, 6.45) is -1.61. The standard InChI is InChI=1S/C27H34N2O8/c1-9-8-11(26(3,4)5)19(30)14-12(9)10(2)13-15(20(14)31)23(34)27(37)17(21(13)32)18(29(6)7)22(33)16(24(27)35)25(28)36/h8,10,13,17-18,21,30-32,35,37H,1-7H3,(H2,28,36)/t10-,13-,17-,18-,21+,27+/m1/s1. The molecule has 37 heavy (non-hydrogen) atoms. The lowest BCUT2D eigenvalue weighted by atomic mass is 9.54. The third-order valence-corrected chi connectivity index (χ3v) is 8.24. The maximum atomic E-state index is 14.0. The van der Waals surface area contributed by atoms with Crippen molar-refractivity contribution in [1.29, 1.82) is 0 Å². The lowest BCUT2D eigenvalue weighted by Crippen LogP contribution is -2.70. The zero-order valence-corrected chi connectivity index (χ0v) is 21.9. The lowest BCUT2D eigenvalue weighted by Gasteiger charge is -2.54. The molecule has 3 aliphatic rings. The van der Waals surface area contributed by atoms with E-state index in [0.717, 1.165) is 5.56 Å². The van der Waals surface area contributed by atoms with Crippen molar-refractivity contribution in [2.75, 3.05) is 14.1 Å². The van der Waals surface area contributed by atoms with Crippen LogP contribution in [0.25, 0.3) is 5.76 Å². The first kappa shape index (κ1) is 26.8. The van der Waals surface area contributed by atoms with Gasteiger partial charge in [-0.25, -0.2) is 0 Å². The number of aromatic hydroxyl groups is 1. The first-order valence-corrected chi connectivity index (χ1v) is 12.1. The number of hydrogen-bond acceptors (Lipinski definition) is 9. The van der Waals surface area contributed by atoms with Crippen molar-refractivity contribution in [1.82, 2.24) is 4.90 Å². The van der Waals surface area contributed by atoms with Gasteiger partial charge in [0.1, 0.15) is 22.8 Å². The summed E-state index contributed by atoms with van der Waals surface area (Å²) in [4.78, 5) is 40.7. The largest absolute Gasteiger partial charge is 0.508 e. The predicted octanol–water partition coefficient (Wildman–Crippen LogP) is 1.10. The number of benzene rings is 1. The molecule has 0 unspecified atom stereocenters. The number of aliphatic hydroxyl groups is 4. The molecule has 1 aromatic carbocycles. The second-order valence-corrected chi connectivity index (χ2v) is 11.7. The number of fused-ring (bicyclic) bond motifs is 3. The predicted molar refractivity (Wildman–Crippen MR) is 134 cm³/mol. The Balaban J connectivity index is 2.10. The van der Waals surface area contributed by atoms with Crippen LogP contribution in [0, 0.1) is 18.8 Å². The number of amides is 1. The Kier molecular flexibility index (Phi) is 5.91. The van der Waals surface area contributed by atoms with Gasteiger partial charge in [0.05, 0.1) is 23.6 Å². The van der Waals surface area contributed by atoms with Gasteiger partial charge in [-0.05, 0) is 43.5 Å². The van der Waals surface area contributed by atoms with E-state index in [2.05, 4.69) is 0 Å². The van der Waals surface area contributed by atoms with Crippen LogP contribution in [0.3, 0.4) is 0 Å².